The van der Waals surface area contributed by atoms with Crippen LogP contribution < -0.4 is 9.47 Å². The Labute approximate surface area is 133 Å². The molecule has 1 aromatic carbocycles. The molecule has 5 nitrogen and oxygen atoms in total. The van der Waals surface area contributed by atoms with E-state index in [4.69, 9.17) is 14.2 Å². The molecule has 2 aromatic rings. The third kappa shape index (κ3) is 3.23. The van der Waals surface area contributed by atoms with Crippen molar-refractivity contribution in [1.82, 2.24) is 4.90 Å². The summed E-state index contributed by atoms with van der Waals surface area (Å²) in [6.45, 7) is 1.81. The molecule has 1 amide bonds. The maximum Gasteiger partial charge on any atom is 0.254 e. The Morgan fingerprint density at radius 1 is 1.32 bits per heavy atom. The predicted octanol–water partition coefficient (Wildman–Crippen LogP) is 2.77. The van der Waals surface area contributed by atoms with Gasteiger partial charge in [-0.2, -0.15) is 11.3 Å². The van der Waals surface area contributed by atoms with Crippen LogP contribution in [0.25, 0.3) is 0 Å². The monoisotopic (exact) mass is 319 g/mol. The van der Waals surface area contributed by atoms with Crippen LogP contribution in [0.1, 0.15) is 15.9 Å². The lowest BCUT2D eigenvalue weighted by molar-refractivity contribution is 0.0680. The van der Waals surface area contributed by atoms with Crippen LogP contribution in [0, 0.1) is 0 Å². The maximum atomic E-state index is 12.8. The molecule has 0 radical (unpaired) electrons. The minimum atomic E-state index is -0.0402. The quantitative estimate of drug-likeness (QED) is 0.821. The van der Waals surface area contributed by atoms with Crippen molar-refractivity contribution in [3.8, 4) is 11.5 Å². The van der Waals surface area contributed by atoms with Crippen molar-refractivity contribution in [2.24, 2.45) is 0 Å². The zero-order valence-electron chi connectivity index (χ0n) is 12.3. The van der Waals surface area contributed by atoms with Gasteiger partial charge in [-0.25, -0.2) is 0 Å². The first kappa shape index (κ1) is 14.9. The molecular weight excluding hydrogens is 302 g/mol. The molecule has 0 atom stereocenters. The van der Waals surface area contributed by atoms with Gasteiger partial charge in [-0.15, -0.1) is 0 Å². The van der Waals surface area contributed by atoms with E-state index >= 15 is 0 Å². The van der Waals surface area contributed by atoms with Gasteiger partial charge in [0.2, 0.25) is 6.79 Å². The second-order valence-corrected chi connectivity index (χ2v) is 5.70. The summed E-state index contributed by atoms with van der Waals surface area (Å²) in [4.78, 5) is 14.5. The Morgan fingerprint density at radius 2 is 2.18 bits per heavy atom. The lowest BCUT2D eigenvalue weighted by atomic mass is 10.1. The lowest BCUT2D eigenvalue weighted by Gasteiger charge is -2.22. The topological polar surface area (TPSA) is 48.0 Å². The molecule has 0 aliphatic carbocycles. The molecule has 2 heterocycles. The Bertz CT molecular complexity index is 642. The van der Waals surface area contributed by atoms with Crippen molar-refractivity contribution >= 4 is 17.2 Å². The summed E-state index contributed by atoms with van der Waals surface area (Å²) in [6.07, 6.45) is 0. The van der Waals surface area contributed by atoms with Crippen LogP contribution in [0.3, 0.4) is 0 Å². The van der Waals surface area contributed by atoms with E-state index in [0.717, 1.165) is 5.56 Å². The molecular formula is C16H17NO4S. The van der Waals surface area contributed by atoms with Crippen molar-refractivity contribution < 1.29 is 19.0 Å². The van der Waals surface area contributed by atoms with Gasteiger partial charge < -0.3 is 19.1 Å². The van der Waals surface area contributed by atoms with Crippen LogP contribution in [0.5, 0.6) is 11.5 Å². The molecule has 3 rings (SSSR count). The summed E-state index contributed by atoms with van der Waals surface area (Å²) in [7, 11) is 1.63. The molecule has 0 N–H and O–H groups in total. The second-order valence-electron chi connectivity index (χ2n) is 4.92. The Kier molecular flexibility index (Phi) is 4.60. The van der Waals surface area contributed by atoms with E-state index in [1.165, 1.54) is 0 Å². The Morgan fingerprint density at radius 3 is 2.95 bits per heavy atom. The maximum absolute atomic E-state index is 12.8. The van der Waals surface area contributed by atoms with E-state index in [-0.39, 0.29) is 12.7 Å². The average molecular weight is 319 g/mol. The molecule has 1 aliphatic heterocycles. The lowest BCUT2D eigenvalue weighted by Crippen LogP contribution is -2.33. The van der Waals surface area contributed by atoms with E-state index in [1.54, 1.807) is 41.5 Å². The number of thiophene rings is 1. The zero-order valence-corrected chi connectivity index (χ0v) is 13.1. The minimum absolute atomic E-state index is 0.0402. The molecule has 0 bridgehead atoms. The minimum Gasteiger partial charge on any atom is -0.454 e. The number of fused-ring (bicyclic) bond motifs is 1. The first-order valence-electron chi connectivity index (χ1n) is 6.97. The van der Waals surface area contributed by atoms with Crippen LogP contribution >= 0.6 is 11.3 Å². The van der Waals surface area contributed by atoms with Crippen LogP contribution in [0.4, 0.5) is 0 Å². The molecule has 6 heteroatoms. The molecule has 0 spiro atoms. The molecule has 22 heavy (non-hydrogen) atoms. The Hall–Kier alpha value is -2.05. The molecule has 0 fully saturated rings. The van der Waals surface area contributed by atoms with E-state index in [2.05, 4.69) is 0 Å². The fourth-order valence-electron chi connectivity index (χ4n) is 2.27. The number of rotatable bonds is 6. The fourth-order valence-corrected chi connectivity index (χ4v) is 2.93. The van der Waals surface area contributed by atoms with E-state index < -0.39 is 0 Å². The smallest absolute Gasteiger partial charge is 0.254 e. The normalized spacial score (nSPS) is 12.4. The molecule has 0 saturated carbocycles. The van der Waals surface area contributed by atoms with Gasteiger partial charge in [-0.1, -0.05) is 0 Å². The summed E-state index contributed by atoms with van der Waals surface area (Å²) in [5.74, 6) is 1.26. The summed E-state index contributed by atoms with van der Waals surface area (Å²) < 4.78 is 15.7. The summed E-state index contributed by atoms with van der Waals surface area (Å²) in [5, 5.41) is 4.06. The largest absolute Gasteiger partial charge is 0.454 e. The number of nitrogens with zero attached hydrogens (tertiary/aromatic N) is 1. The van der Waals surface area contributed by atoms with E-state index in [9.17, 15) is 4.79 Å². The zero-order chi connectivity index (χ0) is 15.4. The summed E-state index contributed by atoms with van der Waals surface area (Å²) in [6, 6.07) is 7.30. The molecule has 1 aromatic heterocycles. The highest BCUT2D eigenvalue weighted by Crippen LogP contribution is 2.32. The van der Waals surface area contributed by atoms with Crippen LogP contribution in [-0.2, 0) is 11.3 Å². The number of carbonyl (C=O) groups excluding carboxylic acids is 1. The molecule has 0 saturated heterocycles. The Balaban J connectivity index is 1.78. The highest BCUT2D eigenvalue weighted by Gasteiger charge is 2.20. The first-order valence-corrected chi connectivity index (χ1v) is 7.91. The second kappa shape index (κ2) is 6.81. The number of benzene rings is 1. The van der Waals surface area contributed by atoms with Gasteiger partial charge in [0.25, 0.3) is 5.91 Å². The van der Waals surface area contributed by atoms with Gasteiger partial charge in [-0.3, -0.25) is 4.79 Å². The van der Waals surface area contributed by atoms with Crippen molar-refractivity contribution in [2.75, 3.05) is 27.1 Å². The van der Waals surface area contributed by atoms with Crippen molar-refractivity contribution in [3.63, 3.8) is 0 Å². The van der Waals surface area contributed by atoms with Crippen molar-refractivity contribution in [2.45, 2.75) is 6.54 Å². The average Bonchev–Trinajstić information content (AvgIpc) is 3.21. The number of hydrogen-bond donors (Lipinski definition) is 0. The van der Waals surface area contributed by atoms with E-state index in [0.29, 0.717) is 36.8 Å². The number of ether oxygens (including phenoxy) is 3. The molecule has 116 valence electrons. The van der Waals surface area contributed by atoms with Gasteiger partial charge >= 0.3 is 0 Å². The highest BCUT2D eigenvalue weighted by atomic mass is 32.1. The first-order chi connectivity index (χ1) is 10.8. The standard InChI is InChI=1S/C16H17NO4S/c1-19-6-5-17(9-12-4-7-22-10-12)16(18)13-2-3-14-15(8-13)21-11-20-14/h2-4,7-8,10H,5-6,9,11H2,1H3. The molecule has 1 aliphatic rings. The number of carbonyl (C=O) groups is 1. The molecule has 0 unspecified atom stereocenters. The van der Waals surface area contributed by atoms with E-state index in [1.807, 2.05) is 16.8 Å². The number of amides is 1. The van der Waals surface area contributed by atoms with Gasteiger partial charge in [0.1, 0.15) is 0 Å². The van der Waals surface area contributed by atoms with Crippen LogP contribution in [0.2, 0.25) is 0 Å². The van der Waals surface area contributed by atoms with Gasteiger partial charge in [-0.05, 0) is 40.6 Å². The summed E-state index contributed by atoms with van der Waals surface area (Å²) in [5.41, 5.74) is 1.71. The van der Waals surface area contributed by atoms with Crippen LogP contribution in [0.15, 0.2) is 35.0 Å². The SMILES string of the molecule is COCCN(Cc1ccsc1)C(=O)c1ccc2c(c1)OCO2. The van der Waals surface area contributed by atoms with Crippen molar-refractivity contribution in [3.05, 3.63) is 46.2 Å². The van der Waals surface area contributed by atoms with Gasteiger partial charge in [0, 0.05) is 25.8 Å². The third-order valence-electron chi connectivity index (χ3n) is 3.43. The number of hydrogen-bond acceptors (Lipinski definition) is 5. The predicted molar refractivity (Wildman–Crippen MR) is 83.5 cm³/mol. The highest BCUT2D eigenvalue weighted by molar-refractivity contribution is 7.07. The summed E-state index contributed by atoms with van der Waals surface area (Å²) >= 11 is 1.62. The third-order valence-corrected chi connectivity index (χ3v) is 4.16. The van der Waals surface area contributed by atoms with Crippen LogP contribution in [-0.4, -0.2) is 37.9 Å². The van der Waals surface area contributed by atoms with Gasteiger partial charge in [0.15, 0.2) is 11.5 Å². The fraction of sp³-hybridized carbons (Fsp3) is 0.312. The number of methoxy groups -OCH3 is 1. The van der Waals surface area contributed by atoms with Crippen molar-refractivity contribution in [1.29, 1.82) is 0 Å². The van der Waals surface area contributed by atoms with Gasteiger partial charge in [0.05, 0.1) is 6.61 Å².